The van der Waals surface area contributed by atoms with Gasteiger partial charge < -0.3 is 4.90 Å². The Morgan fingerprint density at radius 3 is 2.32 bits per heavy atom. The van der Waals surface area contributed by atoms with Crippen molar-refractivity contribution in [2.24, 2.45) is 11.8 Å². The highest BCUT2D eigenvalue weighted by Crippen LogP contribution is 2.24. The maximum atomic E-state index is 12.3. The standard InChI is InChI=1S/C16H30N2O3S/c1-13-4-3-10-18(11-9-13)16(19)12-22(20,21)17-15-7-5-14(2)6-8-15/h13-15,17H,3-12H2,1-2H3/t13-,14?,15?/m0/s1. The van der Waals surface area contributed by atoms with E-state index in [4.69, 9.17) is 0 Å². The SMILES string of the molecule is CC1CCC(NS(=O)(=O)CC(=O)N2CCC[C@H](C)CC2)CC1. The summed E-state index contributed by atoms with van der Waals surface area (Å²) in [5.41, 5.74) is 0. The maximum absolute atomic E-state index is 12.3. The Morgan fingerprint density at radius 2 is 1.64 bits per heavy atom. The van der Waals surface area contributed by atoms with E-state index in [2.05, 4.69) is 18.6 Å². The highest BCUT2D eigenvalue weighted by atomic mass is 32.2. The lowest BCUT2D eigenvalue weighted by Crippen LogP contribution is -2.44. The average molecular weight is 330 g/mol. The minimum atomic E-state index is -3.51. The fraction of sp³-hybridized carbons (Fsp3) is 0.938. The highest BCUT2D eigenvalue weighted by molar-refractivity contribution is 7.90. The Morgan fingerprint density at radius 1 is 1.00 bits per heavy atom. The molecule has 128 valence electrons. The summed E-state index contributed by atoms with van der Waals surface area (Å²) < 4.78 is 27.2. The first-order chi connectivity index (χ1) is 10.4. The van der Waals surface area contributed by atoms with Crippen LogP contribution in [0.15, 0.2) is 0 Å². The zero-order valence-corrected chi connectivity index (χ0v) is 14.7. The van der Waals surface area contributed by atoms with Crippen molar-refractivity contribution in [1.29, 1.82) is 0 Å². The van der Waals surface area contributed by atoms with Gasteiger partial charge in [-0.15, -0.1) is 0 Å². The van der Waals surface area contributed by atoms with E-state index < -0.39 is 15.8 Å². The van der Waals surface area contributed by atoms with Crippen LogP contribution in [-0.2, 0) is 14.8 Å². The second-order valence-electron chi connectivity index (χ2n) is 7.25. The molecule has 6 heteroatoms. The van der Waals surface area contributed by atoms with E-state index in [-0.39, 0.29) is 11.9 Å². The predicted octanol–water partition coefficient (Wildman–Crippen LogP) is 2.13. The van der Waals surface area contributed by atoms with Crippen molar-refractivity contribution in [2.45, 2.75) is 64.8 Å². The first kappa shape index (κ1) is 17.7. The first-order valence-corrected chi connectivity index (χ1v) is 10.3. The van der Waals surface area contributed by atoms with Gasteiger partial charge in [0, 0.05) is 19.1 Å². The molecule has 22 heavy (non-hydrogen) atoms. The summed E-state index contributed by atoms with van der Waals surface area (Å²) in [6.07, 6.45) is 6.96. The third-order valence-electron chi connectivity index (χ3n) is 5.05. The van der Waals surface area contributed by atoms with Crippen molar-refractivity contribution in [2.75, 3.05) is 18.8 Å². The summed E-state index contributed by atoms with van der Waals surface area (Å²) in [6, 6.07) is 0.0122. The molecule has 1 saturated heterocycles. The molecule has 1 aliphatic heterocycles. The lowest BCUT2D eigenvalue weighted by molar-refractivity contribution is -0.128. The van der Waals surface area contributed by atoms with Crippen LogP contribution in [0.5, 0.6) is 0 Å². The minimum Gasteiger partial charge on any atom is -0.342 e. The summed E-state index contributed by atoms with van der Waals surface area (Å²) in [5, 5.41) is 0. The number of rotatable bonds is 4. The summed E-state index contributed by atoms with van der Waals surface area (Å²) >= 11 is 0. The number of carbonyl (C=O) groups excluding carboxylic acids is 1. The van der Waals surface area contributed by atoms with Crippen LogP contribution in [0.25, 0.3) is 0 Å². The zero-order chi connectivity index (χ0) is 16.2. The van der Waals surface area contributed by atoms with E-state index in [0.717, 1.165) is 44.9 Å². The van der Waals surface area contributed by atoms with E-state index in [1.54, 1.807) is 4.90 Å². The Bertz CT molecular complexity index is 470. The van der Waals surface area contributed by atoms with E-state index in [1.165, 1.54) is 0 Å². The lowest BCUT2D eigenvalue weighted by atomic mass is 9.88. The summed E-state index contributed by atoms with van der Waals surface area (Å²) in [6.45, 7) is 5.78. The predicted molar refractivity (Wildman–Crippen MR) is 87.9 cm³/mol. The molecule has 0 aromatic heterocycles. The molecule has 0 aromatic carbocycles. The number of hydrogen-bond acceptors (Lipinski definition) is 3. The number of likely N-dealkylation sites (tertiary alicyclic amines) is 1. The Kier molecular flexibility index (Phi) is 6.26. The van der Waals surface area contributed by atoms with Crippen LogP contribution in [0.4, 0.5) is 0 Å². The molecule has 2 rings (SSSR count). The molecular weight excluding hydrogens is 300 g/mol. The first-order valence-electron chi connectivity index (χ1n) is 8.63. The van der Waals surface area contributed by atoms with Crippen LogP contribution in [0.1, 0.15) is 58.8 Å². The molecule has 0 spiro atoms. The molecule has 2 fully saturated rings. The molecule has 1 aliphatic carbocycles. The number of amides is 1. The monoisotopic (exact) mass is 330 g/mol. The molecule has 5 nitrogen and oxygen atoms in total. The quantitative estimate of drug-likeness (QED) is 0.859. The van der Waals surface area contributed by atoms with Gasteiger partial charge in [-0.05, 0) is 56.8 Å². The van der Waals surface area contributed by atoms with Gasteiger partial charge in [-0.3, -0.25) is 4.79 Å². The largest absolute Gasteiger partial charge is 0.342 e. The Labute approximate surface area is 134 Å². The topological polar surface area (TPSA) is 66.5 Å². The van der Waals surface area contributed by atoms with Gasteiger partial charge in [0.05, 0.1) is 0 Å². The van der Waals surface area contributed by atoms with Gasteiger partial charge in [-0.25, -0.2) is 13.1 Å². The van der Waals surface area contributed by atoms with Crippen LogP contribution in [0.2, 0.25) is 0 Å². The van der Waals surface area contributed by atoms with Crippen molar-refractivity contribution in [1.82, 2.24) is 9.62 Å². The minimum absolute atomic E-state index is 0.0122. The Hall–Kier alpha value is -0.620. The fourth-order valence-electron chi connectivity index (χ4n) is 3.44. The molecule has 0 unspecified atom stereocenters. The number of sulfonamides is 1. The average Bonchev–Trinajstić information content (AvgIpc) is 2.65. The second-order valence-corrected chi connectivity index (χ2v) is 9.00. The molecule has 1 heterocycles. The van der Waals surface area contributed by atoms with Crippen LogP contribution in [0.3, 0.4) is 0 Å². The normalized spacial score (nSPS) is 30.8. The van der Waals surface area contributed by atoms with Gasteiger partial charge in [0.2, 0.25) is 15.9 Å². The van der Waals surface area contributed by atoms with Crippen molar-refractivity contribution >= 4 is 15.9 Å². The van der Waals surface area contributed by atoms with Gasteiger partial charge in [0.15, 0.2) is 0 Å². The van der Waals surface area contributed by atoms with Gasteiger partial charge in [0.25, 0.3) is 0 Å². The molecule has 1 saturated carbocycles. The van der Waals surface area contributed by atoms with Crippen LogP contribution in [0, 0.1) is 11.8 Å². The summed E-state index contributed by atoms with van der Waals surface area (Å²) in [5.74, 6) is 0.664. The second kappa shape index (κ2) is 7.77. The van der Waals surface area contributed by atoms with Crippen molar-refractivity contribution in [3.05, 3.63) is 0 Å². The molecule has 0 bridgehead atoms. The van der Waals surface area contributed by atoms with Gasteiger partial charge >= 0.3 is 0 Å². The van der Waals surface area contributed by atoms with E-state index in [0.29, 0.717) is 24.9 Å². The Balaban J connectivity index is 1.84. The van der Waals surface area contributed by atoms with Gasteiger partial charge in [0.1, 0.15) is 5.75 Å². The van der Waals surface area contributed by atoms with Crippen molar-refractivity contribution in [3.63, 3.8) is 0 Å². The smallest absolute Gasteiger partial charge is 0.239 e. The third kappa shape index (κ3) is 5.54. The molecule has 0 radical (unpaired) electrons. The molecule has 1 amide bonds. The van der Waals surface area contributed by atoms with Crippen LogP contribution < -0.4 is 4.72 Å². The van der Waals surface area contributed by atoms with E-state index in [9.17, 15) is 13.2 Å². The maximum Gasteiger partial charge on any atom is 0.239 e. The van der Waals surface area contributed by atoms with Gasteiger partial charge in [-0.1, -0.05) is 13.8 Å². The number of nitrogens with one attached hydrogen (secondary N) is 1. The molecular formula is C16H30N2O3S. The summed E-state index contributed by atoms with van der Waals surface area (Å²) in [4.78, 5) is 14.0. The third-order valence-corrected chi connectivity index (χ3v) is 6.36. The molecule has 1 N–H and O–H groups in total. The summed E-state index contributed by atoms with van der Waals surface area (Å²) in [7, 11) is -3.51. The fourth-order valence-corrected chi connectivity index (χ4v) is 4.77. The van der Waals surface area contributed by atoms with Crippen LogP contribution in [-0.4, -0.2) is 44.1 Å². The van der Waals surface area contributed by atoms with E-state index in [1.807, 2.05) is 0 Å². The highest BCUT2D eigenvalue weighted by Gasteiger charge is 2.27. The number of carbonyl (C=O) groups is 1. The molecule has 1 atom stereocenters. The van der Waals surface area contributed by atoms with Crippen molar-refractivity contribution < 1.29 is 13.2 Å². The molecule has 2 aliphatic rings. The molecule has 0 aromatic rings. The van der Waals surface area contributed by atoms with Crippen LogP contribution >= 0.6 is 0 Å². The zero-order valence-electron chi connectivity index (χ0n) is 13.9. The number of nitrogens with zero attached hydrogens (tertiary/aromatic N) is 1. The van der Waals surface area contributed by atoms with E-state index >= 15 is 0 Å². The number of hydrogen-bond donors (Lipinski definition) is 1. The lowest BCUT2D eigenvalue weighted by Gasteiger charge is -2.27. The van der Waals surface area contributed by atoms with Crippen molar-refractivity contribution in [3.8, 4) is 0 Å². The van der Waals surface area contributed by atoms with Gasteiger partial charge in [-0.2, -0.15) is 0 Å².